The molecule has 3 aliphatic rings. The molecule has 3 fully saturated rings. The summed E-state index contributed by atoms with van der Waals surface area (Å²) < 4.78 is 0. The molecule has 26 heavy (non-hydrogen) atoms. The van der Waals surface area contributed by atoms with Crippen LogP contribution in [0.2, 0.25) is 0 Å². The minimum atomic E-state index is 0.106. The van der Waals surface area contributed by atoms with Gasteiger partial charge in [0.15, 0.2) is 5.96 Å². The maximum absolute atomic E-state index is 11.7. The second-order valence-corrected chi connectivity index (χ2v) is 8.36. The van der Waals surface area contributed by atoms with Gasteiger partial charge in [0, 0.05) is 70.2 Å². The smallest absolute Gasteiger partial charge is 0.220 e. The van der Waals surface area contributed by atoms with Crippen molar-refractivity contribution in [3.63, 3.8) is 0 Å². The highest BCUT2D eigenvalue weighted by Crippen LogP contribution is 2.36. The number of hydrogen-bond acceptors (Lipinski definition) is 4. The number of piperazine rings is 1. The maximum atomic E-state index is 11.7. The van der Waals surface area contributed by atoms with Gasteiger partial charge in [0.2, 0.25) is 5.91 Å². The van der Waals surface area contributed by atoms with Crippen LogP contribution < -0.4 is 10.6 Å². The van der Waals surface area contributed by atoms with Gasteiger partial charge in [0.1, 0.15) is 0 Å². The fourth-order valence-electron chi connectivity index (χ4n) is 4.45. The average molecular weight is 365 g/mol. The Bertz CT molecular complexity index is 516. The van der Waals surface area contributed by atoms with E-state index < -0.39 is 0 Å². The third kappa shape index (κ3) is 4.68. The number of nitrogens with zero attached hydrogens (tertiary/aromatic N) is 4. The van der Waals surface area contributed by atoms with Crippen molar-refractivity contribution in [2.24, 2.45) is 10.4 Å². The van der Waals surface area contributed by atoms with Crippen molar-refractivity contribution in [3.8, 4) is 0 Å². The van der Waals surface area contributed by atoms with Gasteiger partial charge in [-0.05, 0) is 33.7 Å². The van der Waals surface area contributed by atoms with E-state index in [2.05, 4.69) is 46.2 Å². The van der Waals surface area contributed by atoms with Crippen LogP contribution in [-0.2, 0) is 4.79 Å². The first kappa shape index (κ1) is 19.4. The number of likely N-dealkylation sites (tertiary alicyclic amines) is 1. The van der Waals surface area contributed by atoms with E-state index in [9.17, 15) is 4.79 Å². The molecule has 7 heteroatoms. The molecule has 0 aliphatic carbocycles. The monoisotopic (exact) mass is 364 g/mol. The third-order valence-corrected chi connectivity index (χ3v) is 6.16. The van der Waals surface area contributed by atoms with E-state index >= 15 is 0 Å². The Morgan fingerprint density at radius 1 is 1.31 bits per heavy atom. The van der Waals surface area contributed by atoms with E-state index in [-0.39, 0.29) is 11.3 Å². The fourth-order valence-corrected chi connectivity index (χ4v) is 4.45. The van der Waals surface area contributed by atoms with E-state index in [1.807, 2.05) is 0 Å². The molecular weight excluding hydrogens is 328 g/mol. The molecular formula is C19H36N6O. The predicted octanol–water partition coefficient (Wildman–Crippen LogP) is 0.190. The largest absolute Gasteiger partial charge is 0.357 e. The normalized spacial score (nSPS) is 29.9. The van der Waals surface area contributed by atoms with Gasteiger partial charge in [-0.1, -0.05) is 0 Å². The zero-order chi connectivity index (χ0) is 18.6. The van der Waals surface area contributed by atoms with Crippen LogP contribution in [0.25, 0.3) is 0 Å². The Kier molecular flexibility index (Phi) is 6.40. The van der Waals surface area contributed by atoms with Crippen LogP contribution in [0.1, 0.15) is 33.1 Å². The summed E-state index contributed by atoms with van der Waals surface area (Å²) >= 11 is 0. The van der Waals surface area contributed by atoms with Gasteiger partial charge in [-0.2, -0.15) is 0 Å². The number of likely N-dealkylation sites (N-methyl/N-ethyl adjacent to an activating group) is 1. The summed E-state index contributed by atoms with van der Waals surface area (Å²) in [5.74, 6) is 1.23. The van der Waals surface area contributed by atoms with Crippen LogP contribution in [0.4, 0.5) is 0 Å². The molecule has 3 heterocycles. The fraction of sp³-hybridized carbons (Fsp3) is 0.895. The van der Waals surface area contributed by atoms with Crippen molar-refractivity contribution in [2.75, 3.05) is 66.0 Å². The molecule has 148 valence electrons. The van der Waals surface area contributed by atoms with Crippen molar-refractivity contribution in [2.45, 2.75) is 39.2 Å². The lowest BCUT2D eigenvalue weighted by Gasteiger charge is -2.41. The molecule has 1 spiro atoms. The lowest BCUT2D eigenvalue weighted by Crippen LogP contribution is -2.52. The van der Waals surface area contributed by atoms with E-state index in [0.717, 1.165) is 77.7 Å². The summed E-state index contributed by atoms with van der Waals surface area (Å²) in [5, 5.41) is 6.51. The van der Waals surface area contributed by atoms with Crippen molar-refractivity contribution in [1.29, 1.82) is 0 Å². The zero-order valence-electron chi connectivity index (χ0n) is 16.8. The van der Waals surface area contributed by atoms with Crippen LogP contribution in [0.3, 0.4) is 0 Å². The lowest BCUT2D eigenvalue weighted by atomic mass is 9.79. The molecule has 0 aromatic rings. The second-order valence-electron chi connectivity index (χ2n) is 8.36. The summed E-state index contributed by atoms with van der Waals surface area (Å²) in [6.45, 7) is 13.4. The molecule has 3 rings (SSSR count). The topological polar surface area (TPSA) is 63.2 Å². The van der Waals surface area contributed by atoms with Gasteiger partial charge in [0.05, 0.1) is 6.54 Å². The first-order valence-corrected chi connectivity index (χ1v) is 10.2. The summed E-state index contributed by atoms with van der Waals surface area (Å²) in [5.41, 5.74) is 0.106. The number of piperidine rings is 1. The molecule has 0 bridgehead atoms. The summed E-state index contributed by atoms with van der Waals surface area (Å²) in [6.07, 6.45) is 2.94. The lowest BCUT2D eigenvalue weighted by molar-refractivity contribution is -0.119. The highest BCUT2D eigenvalue weighted by Gasteiger charge is 2.42. The van der Waals surface area contributed by atoms with E-state index in [1.165, 1.54) is 0 Å². The first-order valence-electron chi connectivity index (χ1n) is 10.2. The zero-order valence-corrected chi connectivity index (χ0v) is 16.8. The second kappa shape index (κ2) is 8.57. The van der Waals surface area contributed by atoms with Crippen molar-refractivity contribution < 1.29 is 4.79 Å². The van der Waals surface area contributed by atoms with Crippen molar-refractivity contribution in [1.82, 2.24) is 25.3 Å². The third-order valence-electron chi connectivity index (χ3n) is 6.16. The number of hydrogen-bond donors (Lipinski definition) is 2. The quantitative estimate of drug-likeness (QED) is 0.551. The summed E-state index contributed by atoms with van der Waals surface area (Å²) in [4.78, 5) is 24.0. The Morgan fingerprint density at radius 2 is 2.08 bits per heavy atom. The molecule has 0 aromatic carbocycles. The van der Waals surface area contributed by atoms with E-state index in [0.29, 0.717) is 12.5 Å². The predicted molar refractivity (Wildman–Crippen MR) is 105 cm³/mol. The van der Waals surface area contributed by atoms with Crippen molar-refractivity contribution in [3.05, 3.63) is 0 Å². The van der Waals surface area contributed by atoms with Gasteiger partial charge >= 0.3 is 0 Å². The van der Waals surface area contributed by atoms with Gasteiger partial charge < -0.3 is 20.4 Å². The molecule has 2 N–H and O–H groups in total. The molecule has 1 amide bonds. The standard InChI is InChI=1S/C19H36N6O/c1-4-20-18(21-13-16(2)24-10-8-23(3)9-11-24)25-7-5-6-19(15-25)12-17(26)22-14-19/h16H,4-15H2,1-3H3,(H,20,21)(H,22,26). The van der Waals surface area contributed by atoms with Gasteiger partial charge in [0.25, 0.3) is 0 Å². The Hall–Kier alpha value is -1.34. The van der Waals surface area contributed by atoms with Gasteiger partial charge in [-0.15, -0.1) is 0 Å². The molecule has 3 saturated heterocycles. The number of rotatable bonds is 4. The summed E-state index contributed by atoms with van der Waals surface area (Å²) in [6, 6.07) is 0.464. The van der Waals surface area contributed by atoms with Crippen LogP contribution in [0.15, 0.2) is 4.99 Å². The van der Waals surface area contributed by atoms with Crippen LogP contribution >= 0.6 is 0 Å². The number of carbonyl (C=O) groups is 1. The highest BCUT2D eigenvalue weighted by molar-refractivity contribution is 5.81. The Morgan fingerprint density at radius 3 is 2.73 bits per heavy atom. The molecule has 0 aromatic heterocycles. The van der Waals surface area contributed by atoms with Crippen LogP contribution in [-0.4, -0.2) is 98.6 Å². The molecule has 0 saturated carbocycles. The van der Waals surface area contributed by atoms with Crippen molar-refractivity contribution >= 4 is 11.9 Å². The molecule has 0 radical (unpaired) electrons. The van der Waals surface area contributed by atoms with E-state index in [1.54, 1.807) is 0 Å². The maximum Gasteiger partial charge on any atom is 0.220 e. The van der Waals surface area contributed by atoms with Gasteiger partial charge in [-0.25, -0.2) is 0 Å². The Labute approximate surface area is 158 Å². The number of guanidine groups is 1. The minimum Gasteiger partial charge on any atom is -0.357 e. The van der Waals surface area contributed by atoms with Crippen LogP contribution in [0.5, 0.6) is 0 Å². The number of carbonyl (C=O) groups excluding carboxylic acids is 1. The molecule has 3 aliphatic heterocycles. The average Bonchev–Trinajstić information content (AvgIpc) is 2.98. The summed E-state index contributed by atoms with van der Waals surface area (Å²) in [7, 11) is 2.19. The number of nitrogens with one attached hydrogen (secondary N) is 2. The molecule has 7 nitrogen and oxygen atoms in total. The highest BCUT2D eigenvalue weighted by atomic mass is 16.1. The molecule has 2 unspecified atom stereocenters. The minimum absolute atomic E-state index is 0.106. The van der Waals surface area contributed by atoms with Crippen LogP contribution in [0, 0.1) is 5.41 Å². The number of amides is 1. The number of aliphatic imine (C=N–C) groups is 1. The SMILES string of the molecule is CCNC(=NCC(C)N1CCN(C)CC1)N1CCCC2(CNC(=O)C2)C1. The van der Waals surface area contributed by atoms with Gasteiger partial charge in [-0.3, -0.25) is 14.7 Å². The Balaban J connectivity index is 1.60. The molecule has 2 atom stereocenters. The van der Waals surface area contributed by atoms with E-state index in [4.69, 9.17) is 4.99 Å². The first-order chi connectivity index (χ1) is 12.5.